The molecular weight excluding hydrogens is 104 g/mol. The topological polar surface area (TPSA) is 25.1 Å². The molecule has 2 heterocycles. The fourth-order valence-corrected chi connectivity index (χ4v) is 1.07. The summed E-state index contributed by atoms with van der Waals surface area (Å²) in [5.74, 6) is -0.0317. The summed E-state index contributed by atoms with van der Waals surface area (Å²) in [5.41, 5.74) is 0. The molecule has 0 saturated carbocycles. The Labute approximate surface area is 48.8 Å². The minimum Gasteiger partial charge on any atom is -0.340 e. The highest BCUT2D eigenvalue weighted by atomic mass is 16.9. The van der Waals surface area contributed by atoms with Crippen molar-refractivity contribution in [3.63, 3.8) is 0 Å². The van der Waals surface area contributed by atoms with E-state index >= 15 is 0 Å². The van der Waals surface area contributed by atoms with E-state index in [9.17, 15) is 0 Å². The summed E-state index contributed by atoms with van der Waals surface area (Å²) in [6.07, 6.45) is 2.82. The van der Waals surface area contributed by atoms with Crippen molar-refractivity contribution in [2.24, 2.45) is 0 Å². The van der Waals surface area contributed by atoms with Gasteiger partial charge in [-0.05, 0) is 6.42 Å². The lowest BCUT2D eigenvalue weighted by molar-refractivity contribution is 0.251. The molecule has 0 aromatic carbocycles. The highest BCUT2D eigenvalue weighted by Crippen LogP contribution is 2.50. The lowest BCUT2D eigenvalue weighted by Gasteiger charge is -1.81. The lowest BCUT2D eigenvalue weighted by Crippen LogP contribution is -1.92. The first-order valence-electron chi connectivity index (χ1n) is 3.19. The number of hydrogen-bond donors (Lipinski definition) is 0. The Kier molecular flexibility index (Phi) is 0.746. The van der Waals surface area contributed by atoms with Gasteiger partial charge >= 0.3 is 0 Å². The van der Waals surface area contributed by atoms with E-state index in [1.165, 1.54) is 12.8 Å². The zero-order chi connectivity index (χ0) is 5.61. The van der Waals surface area contributed by atoms with Gasteiger partial charge in [0, 0.05) is 0 Å². The van der Waals surface area contributed by atoms with Gasteiger partial charge in [-0.1, -0.05) is 13.3 Å². The number of epoxide rings is 2. The summed E-state index contributed by atoms with van der Waals surface area (Å²) in [5, 5.41) is 0. The number of rotatable bonds is 2. The maximum atomic E-state index is 5.23. The van der Waals surface area contributed by atoms with Gasteiger partial charge in [0.2, 0.25) is 5.79 Å². The molecule has 2 nitrogen and oxygen atoms in total. The van der Waals surface area contributed by atoms with Gasteiger partial charge < -0.3 is 9.47 Å². The molecule has 8 heavy (non-hydrogen) atoms. The summed E-state index contributed by atoms with van der Waals surface area (Å²) in [6, 6.07) is 0. The Bertz CT molecular complexity index is 107. The monoisotopic (exact) mass is 114 g/mol. The normalized spacial score (nSPS) is 49.9. The van der Waals surface area contributed by atoms with Crippen molar-refractivity contribution in [1.82, 2.24) is 0 Å². The van der Waals surface area contributed by atoms with Crippen molar-refractivity contribution in [2.45, 2.75) is 31.7 Å². The van der Waals surface area contributed by atoms with Crippen molar-refractivity contribution in [1.29, 1.82) is 0 Å². The first-order chi connectivity index (χ1) is 3.87. The zero-order valence-corrected chi connectivity index (χ0v) is 5.02. The van der Waals surface area contributed by atoms with Crippen LogP contribution in [0.3, 0.4) is 0 Å². The largest absolute Gasteiger partial charge is 0.340 e. The zero-order valence-electron chi connectivity index (χ0n) is 5.02. The summed E-state index contributed by atoms with van der Waals surface area (Å²) >= 11 is 0. The maximum absolute atomic E-state index is 5.23. The summed E-state index contributed by atoms with van der Waals surface area (Å²) in [6.45, 7) is 3.01. The predicted octanol–water partition coefficient (Wildman–Crippen LogP) is 0.912. The van der Waals surface area contributed by atoms with Crippen LogP contribution in [0.1, 0.15) is 19.8 Å². The molecule has 2 unspecified atom stereocenters. The fraction of sp³-hybridized carbons (Fsp3) is 1.00. The number of hydrogen-bond acceptors (Lipinski definition) is 2. The van der Waals surface area contributed by atoms with Crippen LogP contribution in [0.2, 0.25) is 0 Å². The third-order valence-corrected chi connectivity index (χ3v) is 1.75. The van der Waals surface area contributed by atoms with Gasteiger partial charge in [-0.15, -0.1) is 0 Å². The summed E-state index contributed by atoms with van der Waals surface area (Å²) in [7, 11) is 0. The molecular formula is C6H10O2. The molecule has 0 radical (unpaired) electrons. The van der Waals surface area contributed by atoms with E-state index in [4.69, 9.17) is 9.47 Å². The minimum atomic E-state index is -0.0317. The van der Waals surface area contributed by atoms with Crippen LogP contribution in [0.4, 0.5) is 0 Å². The van der Waals surface area contributed by atoms with Crippen LogP contribution in [-0.4, -0.2) is 18.5 Å². The van der Waals surface area contributed by atoms with Gasteiger partial charge in [-0.3, -0.25) is 0 Å². The van der Waals surface area contributed by atoms with Crippen molar-refractivity contribution in [2.75, 3.05) is 6.61 Å². The van der Waals surface area contributed by atoms with Crippen LogP contribution >= 0.6 is 0 Å². The molecule has 2 aliphatic rings. The standard InChI is InChI=1S/C6H10O2/c1-2-3-5-6(8-5)4-7-6/h5H,2-4H2,1H3. The molecule has 0 bridgehead atoms. The molecule has 2 aliphatic heterocycles. The first-order valence-corrected chi connectivity index (χ1v) is 3.19. The van der Waals surface area contributed by atoms with Gasteiger partial charge in [-0.2, -0.15) is 0 Å². The van der Waals surface area contributed by atoms with Crippen LogP contribution in [-0.2, 0) is 9.47 Å². The van der Waals surface area contributed by atoms with Crippen LogP contribution in [0.25, 0.3) is 0 Å². The Morgan fingerprint density at radius 3 is 2.88 bits per heavy atom. The second-order valence-electron chi connectivity index (χ2n) is 2.50. The second-order valence-corrected chi connectivity index (χ2v) is 2.50. The Morgan fingerprint density at radius 1 is 1.75 bits per heavy atom. The molecule has 0 N–H and O–H groups in total. The quantitative estimate of drug-likeness (QED) is 0.498. The molecule has 2 atom stereocenters. The third kappa shape index (κ3) is 0.501. The predicted molar refractivity (Wildman–Crippen MR) is 28.5 cm³/mol. The van der Waals surface area contributed by atoms with E-state index in [-0.39, 0.29) is 5.79 Å². The summed E-state index contributed by atoms with van der Waals surface area (Å²) in [4.78, 5) is 0. The third-order valence-electron chi connectivity index (χ3n) is 1.75. The fourth-order valence-electron chi connectivity index (χ4n) is 1.07. The molecule has 2 heteroatoms. The first kappa shape index (κ1) is 4.77. The molecule has 2 fully saturated rings. The Morgan fingerprint density at radius 2 is 2.50 bits per heavy atom. The molecule has 0 aromatic rings. The molecule has 0 aliphatic carbocycles. The highest BCUT2D eigenvalue weighted by Gasteiger charge is 2.68. The highest BCUT2D eigenvalue weighted by molar-refractivity contribution is 5.03. The molecule has 0 amide bonds. The van der Waals surface area contributed by atoms with E-state index in [0.29, 0.717) is 6.10 Å². The van der Waals surface area contributed by atoms with Gasteiger partial charge in [0.05, 0.1) is 0 Å². The SMILES string of the molecule is CCCC1OC12CO2. The van der Waals surface area contributed by atoms with Gasteiger partial charge in [0.1, 0.15) is 12.7 Å². The molecule has 46 valence electrons. The molecule has 2 saturated heterocycles. The lowest BCUT2D eigenvalue weighted by atomic mass is 10.2. The van der Waals surface area contributed by atoms with E-state index in [2.05, 4.69) is 6.92 Å². The van der Waals surface area contributed by atoms with Gasteiger partial charge in [0.25, 0.3) is 0 Å². The van der Waals surface area contributed by atoms with Crippen LogP contribution in [0.5, 0.6) is 0 Å². The average Bonchev–Trinajstić information content (AvgIpc) is 2.57. The Balaban J connectivity index is 1.80. The van der Waals surface area contributed by atoms with Crippen molar-refractivity contribution in [3.8, 4) is 0 Å². The van der Waals surface area contributed by atoms with Crippen LogP contribution < -0.4 is 0 Å². The van der Waals surface area contributed by atoms with Gasteiger partial charge in [-0.25, -0.2) is 0 Å². The van der Waals surface area contributed by atoms with Crippen molar-refractivity contribution in [3.05, 3.63) is 0 Å². The maximum Gasteiger partial charge on any atom is 0.219 e. The van der Waals surface area contributed by atoms with Crippen molar-refractivity contribution < 1.29 is 9.47 Å². The van der Waals surface area contributed by atoms with E-state index in [0.717, 1.165) is 6.61 Å². The minimum absolute atomic E-state index is 0.0317. The second kappa shape index (κ2) is 1.25. The van der Waals surface area contributed by atoms with Gasteiger partial charge in [0.15, 0.2) is 0 Å². The van der Waals surface area contributed by atoms with E-state index in [1.807, 2.05) is 0 Å². The van der Waals surface area contributed by atoms with E-state index in [1.54, 1.807) is 0 Å². The van der Waals surface area contributed by atoms with Crippen LogP contribution in [0.15, 0.2) is 0 Å². The molecule has 0 aromatic heterocycles. The van der Waals surface area contributed by atoms with Crippen LogP contribution in [0, 0.1) is 0 Å². The smallest absolute Gasteiger partial charge is 0.219 e. The average molecular weight is 114 g/mol. The molecule has 1 spiro atoms. The Hall–Kier alpha value is -0.0800. The molecule has 2 rings (SSSR count). The van der Waals surface area contributed by atoms with E-state index < -0.39 is 0 Å². The van der Waals surface area contributed by atoms with Crippen molar-refractivity contribution >= 4 is 0 Å². The summed E-state index contributed by atoms with van der Waals surface area (Å²) < 4.78 is 10.3. The number of ether oxygens (including phenoxy) is 2.